The molecule has 2 amide bonds. The van der Waals surface area contributed by atoms with Crippen LogP contribution in [0.5, 0.6) is 0 Å². The first-order valence-electron chi connectivity index (χ1n) is 5.10. The smallest absolute Gasteiger partial charge is 0.308 e. The van der Waals surface area contributed by atoms with Crippen LogP contribution in [0.3, 0.4) is 0 Å². The zero-order valence-electron chi connectivity index (χ0n) is 9.40. The first-order chi connectivity index (χ1) is 7.26. The van der Waals surface area contributed by atoms with Crippen molar-refractivity contribution in [3.8, 4) is 0 Å². The molecule has 0 saturated carbocycles. The predicted molar refractivity (Wildman–Crippen MR) is 55.3 cm³/mol. The van der Waals surface area contributed by atoms with Crippen LogP contribution in [0.4, 0.5) is 0 Å². The van der Waals surface area contributed by atoms with Crippen LogP contribution < -0.4 is 5.73 Å². The van der Waals surface area contributed by atoms with Gasteiger partial charge in [-0.1, -0.05) is 0 Å². The Morgan fingerprint density at radius 1 is 1.50 bits per heavy atom. The van der Waals surface area contributed by atoms with Crippen molar-refractivity contribution < 1.29 is 19.5 Å². The van der Waals surface area contributed by atoms with Crippen LogP contribution in [0.2, 0.25) is 0 Å². The lowest BCUT2D eigenvalue weighted by Gasteiger charge is -2.40. The maximum absolute atomic E-state index is 11.6. The molecule has 1 unspecified atom stereocenters. The highest BCUT2D eigenvalue weighted by Crippen LogP contribution is 2.25. The molecule has 1 fully saturated rings. The molecule has 1 rings (SSSR count). The third kappa shape index (κ3) is 2.15. The van der Waals surface area contributed by atoms with E-state index in [4.69, 9.17) is 10.8 Å². The van der Waals surface area contributed by atoms with Crippen molar-refractivity contribution in [3.63, 3.8) is 0 Å². The third-order valence-corrected chi connectivity index (χ3v) is 3.04. The fourth-order valence-electron chi connectivity index (χ4n) is 1.72. The molecular formula is C10H16N2O4. The minimum absolute atomic E-state index is 0.0457. The molecule has 0 spiro atoms. The molecule has 1 aliphatic rings. The Balaban J connectivity index is 2.89. The summed E-state index contributed by atoms with van der Waals surface area (Å²) in [5.41, 5.74) is 4.07. The van der Waals surface area contributed by atoms with Crippen molar-refractivity contribution in [2.45, 2.75) is 32.2 Å². The summed E-state index contributed by atoms with van der Waals surface area (Å²) >= 11 is 0. The van der Waals surface area contributed by atoms with Crippen molar-refractivity contribution in [2.75, 3.05) is 6.54 Å². The van der Waals surface area contributed by atoms with E-state index in [1.807, 2.05) is 0 Å². The van der Waals surface area contributed by atoms with Crippen LogP contribution in [-0.4, -0.2) is 39.9 Å². The van der Waals surface area contributed by atoms with E-state index in [0.717, 1.165) is 0 Å². The molecule has 0 aliphatic carbocycles. The quantitative estimate of drug-likeness (QED) is 0.684. The highest BCUT2D eigenvalue weighted by molar-refractivity contribution is 5.90. The van der Waals surface area contributed by atoms with E-state index in [1.165, 1.54) is 18.7 Å². The second kappa shape index (κ2) is 4.11. The average Bonchev–Trinajstić information content (AvgIpc) is 2.17. The lowest BCUT2D eigenvalue weighted by Crippen LogP contribution is -2.59. The van der Waals surface area contributed by atoms with Crippen molar-refractivity contribution >= 4 is 17.8 Å². The second-order valence-electron chi connectivity index (χ2n) is 4.50. The Kier molecular flexibility index (Phi) is 3.21. The first-order valence-corrected chi connectivity index (χ1v) is 5.10. The Bertz CT molecular complexity index is 338. The van der Waals surface area contributed by atoms with Gasteiger partial charge in [0.05, 0.1) is 5.92 Å². The SMILES string of the molecule is CC(C)(C(N)=O)N1CC(C(=O)O)CCC1=O. The van der Waals surface area contributed by atoms with E-state index in [0.29, 0.717) is 6.42 Å². The van der Waals surface area contributed by atoms with Gasteiger partial charge in [-0.2, -0.15) is 0 Å². The number of piperidine rings is 1. The number of hydrogen-bond donors (Lipinski definition) is 2. The van der Waals surface area contributed by atoms with Crippen LogP contribution >= 0.6 is 0 Å². The second-order valence-corrected chi connectivity index (χ2v) is 4.50. The molecule has 0 bridgehead atoms. The zero-order valence-corrected chi connectivity index (χ0v) is 9.40. The normalized spacial score (nSPS) is 22.0. The zero-order chi connectivity index (χ0) is 12.5. The molecule has 0 aromatic rings. The minimum atomic E-state index is -1.13. The van der Waals surface area contributed by atoms with Gasteiger partial charge in [0.25, 0.3) is 0 Å². The largest absolute Gasteiger partial charge is 0.481 e. The van der Waals surface area contributed by atoms with Gasteiger partial charge in [0, 0.05) is 13.0 Å². The number of nitrogens with two attached hydrogens (primary N) is 1. The van der Waals surface area contributed by atoms with Gasteiger partial charge in [-0.25, -0.2) is 0 Å². The molecule has 0 radical (unpaired) electrons. The molecule has 1 aliphatic heterocycles. The van der Waals surface area contributed by atoms with Gasteiger partial charge < -0.3 is 15.7 Å². The van der Waals surface area contributed by atoms with E-state index >= 15 is 0 Å². The molecule has 1 saturated heterocycles. The topological polar surface area (TPSA) is 101 Å². The molecular weight excluding hydrogens is 212 g/mol. The van der Waals surface area contributed by atoms with Crippen LogP contribution in [0.25, 0.3) is 0 Å². The summed E-state index contributed by atoms with van der Waals surface area (Å²) < 4.78 is 0. The van der Waals surface area contributed by atoms with Crippen molar-refractivity contribution in [1.82, 2.24) is 4.90 Å². The molecule has 0 aromatic heterocycles. The van der Waals surface area contributed by atoms with Crippen LogP contribution in [-0.2, 0) is 14.4 Å². The molecule has 0 aromatic carbocycles. The first kappa shape index (κ1) is 12.5. The van der Waals surface area contributed by atoms with Crippen LogP contribution in [0.1, 0.15) is 26.7 Å². The monoisotopic (exact) mass is 228 g/mol. The summed E-state index contributed by atoms with van der Waals surface area (Å²) in [5, 5.41) is 8.89. The molecule has 16 heavy (non-hydrogen) atoms. The Morgan fingerprint density at radius 2 is 2.06 bits per heavy atom. The number of nitrogens with zero attached hydrogens (tertiary/aromatic N) is 1. The van der Waals surface area contributed by atoms with Gasteiger partial charge in [0.1, 0.15) is 5.54 Å². The lowest BCUT2D eigenvalue weighted by atomic mass is 9.91. The van der Waals surface area contributed by atoms with Gasteiger partial charge in [-0.15, -0.1) is 0 Å². The summed E-state index contributed by atoms with van der Waals surface area (Å²) in [4.78, 5) is 35.0. The minimum Gasteiger partial charge on any atom is -0.481 e. The van der Waals surface area contributed by atoms with Gasteiger partial charge in [-0.3, -0.25) is 14.4 Å². The van der Waals surface area contributed by atoms with E-state index in [1.54, 1.807) is 0 Å². The van der Waals surface area contributed by atoms with E-state index < -0.39 is 23.3 Å². The van der Waals surface area contributed by atoms with Crippen LogP contribution in [0, 0.1) is 5.92 Å². The molecule has 3 N–H and O–H groups in total. The van der Waals surface area contributed by atoms with E-state index in [2.05, 4.69) is 0 Å². The highest BCUT2D eigenvalue weighted by atomic mass is 16.4. The molecule has 6 nitrogen and oxygen atoms in total. The van der Waals surface area contributed by atoms with E-state index in [9.17, 15) is 14.4 Å². The summed E-state index contributed by atoms with van der Waals surface area (Å²) in [5.74, 6) is -2.41. The fourth-order valence-corrected chi connectivity index (χ4v) is 1.72. The van der Waals surface area contributed by atoms with Gasteiger partial charge >= 0.3 is 5.97 Å². The third-order valence-electron chi connectivity index (χ3n) is 3.04. The highest BCUT2D eigenvalue weighted by Gasteiger charge is 2.41. The standard InChI is InChI=1S/C10H16N2O4/c1-10(2,9(11)16)12-5-6(8(14)15)3-4-7(12)13/h6H,3-5H2,1-2H3,(H2,11,16)(H,14,15). The molecule has 90 valence electrons. The van der Waals surface area contributed by atoms with Gasteiger partial charge in [-0.05, 0) is 20.3 Å². The number of primary amides is 1. The predicted octanol–water partition coefficient (Wildman–Crippen LogP) is -0.426. The van der Waals surface area contributed by atoms with Crippen molar-refractivity contribution in [1.29, 1.82) is 0 Å². The summed E-state index contributed by atoms with van der Waals surface area (Å²) in [6.45, 7) is 3.10. The number of carboxylic acid groups (broad SMARTS) is 1. The Hall–Kier alpha value is -1.59. The van der Waals surface area contributed by atoms with Gasteiger partial charge in [0.15, 0.2) is 0 Å². The molecule has 1 atom stereocenters. The van der Waals surface area contributed by atoms with E-state index in [-0.39, 0.29) is 18.9 Å². The van der Waals surface area contributed by atoms with Gasteiger partial charge in [0.2, 0.25) is 11.8 Å². The summed E-state index contributed by atoms with van der Waals surface area (Å²) in [6.07, 6.45) is 0.465. The fraction of sp³-hybridized carbons (Fsp3) is 0.700. The molecule has 6 heteroatoms. The lowest BCUT2D eigenvalue weighted by molar-refractivity contribution is -0.154. The Morgan fingerprint density at radius 3 is 2.50 bits per heavy atom. The summed E-state index contributed by atoms with van der Waals surface area (Å²) in [6, 6.07) is 0. The maximum atomic E-state index is 11.6. The number of carbonyl (C=O) groups excluding carboxylic acids is 2. The maximum Gasteiger partial charge on any atom is 0.308 e. The van der Waals surface area contributed by atoms with Crippen LogP contribution in [0.15, 0.2) is 0 Å². The number of amides is 2. The number of rotatable bonds is 3. The number of carboxylic acids is 1. The molecule has 1 heterocycles. The van der Waals surface area contributed by atoms with Crippen molar-refractivity contribution in [3.05, 3.63) is 0 Å². The number of carbonyl (C=O) groups is 3. The number of aliphatic carboxylic acids is 1. The average molecular weight is 228 g/mol. The number of likely N-dealkylation sites (tertiary alicyclic amines) is 1. The Labute approximate surface area is 93.4 Å². The summed E-state index contributed by atoms with van der Waals surface area (Å²) in [7, 11) is 0. The number of hydrogen-bond acceptors (Lipinski definition) is 3. The van der Waals surface area contributed by atoms with Crippen molar-refractivity contribution in [2.24, 2.45) is 11.7 Å².